The smallest absolute Gasteiger partial charge is 0.337 e. The molecule has 150 valence electrons. The number of nitrogens with zero attached hydrogens (tertiary/aromatic N) is 1. The van der Waals surface area contributed by atoms with Crippen molar-refractivity contribution in [1.29, 1.82) is 0 Å². The summed E-state index contributed by atoms with van der Waals surface area (Å²) in [6, 6.07) is 5.84. The first-order chi connectivity index (χ1) is 13.3. The van der Waals surface area contributed by atoms with Crippen molar-refractivity contribution in [2.75, 3.05) is 32.1 Å². The minimum Gasteiger partial charge on any atom is -0.481 e. The molecule has 0 radical (unpaired) electrons. The Hall–Kier alpha value is -3.40. The van der Waals surface area contributed by atoms with Crippen LogP contribution in [0.2, 0.25) is 0 Å². The second-order valence-corrected chi connectivity index (χ2v) is 6.03. The number of methoxy groups -OCH3 is 1. The Labute approximate surface area is 160 Å². The number of carbonyl (C=O) groups is 4. The van der Waals surface area contributed by atoms with Crippen LogP contribution in [0.25, 0.3) is 0 Å². The molecule has 0 bridgehead atoms. The van der Waals surface area contributed by atoms with Crippen molar-refractivity contribution in [1.82, 2.24) is 4.90 Å². The summed E-state index contributed by atoms with van der Waals surface area (Å²) >= 11 is 0. The molecule has 1 amide bonds. The van der Waals surface area contributed by atoms with Crippen molar-refractivity contribution in [3.8, 4) is 0 Å². The quantitative estimate of drug-likeness (QED) is 0.425. The maximum atomic E-state index is 12.5. The molecule has 1 aromatic carbocycles. The molecule has 10 nitrogen and oxygen atoms in total. The summed E-state index contributed by atoms with van der Waals surface area (Å²) in [7, 11) is 1.19. The fourth-order valence-electron chi connectivity index (χ4n) is 2.81. The number of amides is 1. The highest BCUT2D eigenvalue weighted by Gasteiger charge is 2.34. The molecular formula is C18H20N2O8. The number of ether oxygens (including phenoxy) is 1. The number of β-amino-alcohol motifs (C(OH)–C–C–N with tert-alkyl or cyclic N) is 1. The Balaban J connectivity index is 2.25. The van der Waals surface area contributed by atoms with Gasteiger partial charge in [-0.25, -0.2) is 4.79 Å². The number of benzene rings is 1. The highest BCUT2D eigenvalue weighted by molar-refractivity contribution is 6.08. The zero-order valence-electron chi connectivity index (χ0n) is 15.0. The Morgan fingerprint density at radius 1 is 1.21 bits per heavy atom. The normalized spacial score (nSPS) is 14.8. The average molecular weight is 392 g/mol. The molecule has 0 fully saturated rings. The third-order valence-electron chi connectivity index (χ3n) is 4.21. The van der Waals surface area contributed by atoms with Crippen LogP contribution in [-0.2, 0) is 23.9 Å². The lowest BCUT2D eigenvalue weighted by atomic mass is 9.96. The van der Waals surface area contributed by atoms with Crippen LogP contribution < -0.4 is 5.32 Å². The van der Waals surface area contributed by atoms with E-state index in [0.717, 1.165) is 0 Å². The zero-order chi connectivity index (χ0) is 20.8. The number of carbonyl (C=O) groups excluding carboxylic acids is 2. The predicted molar refractivity (Wildman–Crippen MR) is 95.4 cm³/mol. The maximum Gasteiger partial charge on any atom is 0.337 e. The number of aliphatic hydroxyl groups excluding tert-OH is 1. The fraction of sp³-hybridized carbons (Fsp3) is 0.333. The Morgan fingerprint density at radius 3 is 2.36 bits per heavy atom. The van der Waals surface area contributed by atoms with Crippen LogP contribution in [-0.4, -0.2) is 70.8 Å². The third-order valence-corrected chi connectivity index (χ3v) is 4.21. The highest BCUT2D eigenvalue weighted by atomic mass is 16.5. The van der Waals surface area contributed by atoms with Gasteiger partial charge in [0.1, 0.15) is 5.70 Å². The zero-order valence-corrected chi connectivity index (χ0v) is 15.0. The highest BCUT2D eigenvalue weighted by Crippen LogP contribution is 2.25. The lowest BCUT2D eigenvalue weighted by molar-refractivity contribution is -0.145. The molecule has 1 atom stereocenters. The average Bonchev–Trinajstić information content (AvgIpc) is 2.96. The van der Waals surface area contributed by atoms with Crippen LogP contribution >= 0.6 is 0 Å². The lowest BCUT2D eigenvalue weighted by Crippen LogP contribution is -2.31. The van der Waals surface area contributed by atoms with Gasteiger partial charge in [-0.2, -0.15) is 0 Å². The number of carboxylic acid groups (broad SMARTS) is 2. The van der Waals surface area contributed by atoms with Gasteiger partial charge in [0, 0.05) is 12.2 Å². The number of hydrogen-bond acceptors (Lipinski definition) is 7. The number of esters is 1. The van der Waals surface area contributed by atoms with Crippen LogP contribution in [0.3, 0.4) is 0 Å². The predicted octanol–water partition coefficient (Wildman–Crippen LogP) is 0.00300. The van der Waals surface area contributed by atoms with E-state index in [-0.39, 0.29) is 31.0 Å². The first kappa shape index (κ1) is 20.9. The molecule has 10 heteroatoms. The third kappa shape index (κ3) is 4.65. The molecule has 0 aromatic heterocycles. The number of hydrogen-bond donors (Lipinski definition) is 4. The topological polar surface area (TPSA) is 153 Å². The molecule has 28 heavy (non-hydrogen) atoms. The molecule has 4 N–H and O–H groups in total. The van der Waals surface area contributed by atoms with E-state index in [1.807, 2.05) is 0 Å². The molecule has 0 aliphatic carbocycles. The van der Waals surface area contributed by atoms with Gasteiger partial charge >= 0.3 is 17.9 Å². The summed E-state index contributed by atoms with van der Waals surface area (Å²) in [5.74, 6) is -4.86. The van der Waals surface area contributed by atoms with E-state index in [1.165, 1.54) is 36.3 Å². The molecule has 1 aliphatic heterocycles. The molecule has 0 saturated heterocycles. The van der Waals surface area contributed by atoms with Crippen molar-refractivity contribution in [3.05, 3.63) is 41.1 Å². The number of rotatable bonds is 9. The van der Waals surface area contributed by atoms with Gasteiger partial charge in [-0.3, -0.25) is 14.4 Å². The summed E-state index contributed by atoms with van der Waals surface area (Å²) in [4.78, 5) is 47.8. The van der Waals surface area contributed by atoms with Gasteiger partial charge < -0.3 is 30.3 Å². The summed E-state index contributed by atoms with van der Waals surface area (Å²) in [5.41, 5.74) is 0.814. The number of carboxylic acids is 2. The van der Waals surface area contributed by atoms with E-state index in [2.05, 4.69) is 5.32 Å². The van der Waals surface area contributed by atoms with E-state index in [1.54, 1.807) is 0 Å². The second kappa shape index (κ2) is 9.00. The van der Waals surface area contributed by atoms with E-state index >= 15 is 0 Å². The molecule has 1 heterocycles. The van der Waals surface area contributed by atoms with Gasteiger partial charge in [0.2, 0.25) is 0 Å². The molecule has 1 aromatic rings. The van der Waals surface area contributed by atoms with Crippen LogP contribution in [0.4, 0.5) is 5.69 Å². The molecule has 0 spiro atoms. The van der Waals surface area contributed by atoms with Crippen molar-refractivity contribution in [2.45, 2.75) is 12.3 Å². The van der Waals surface area contributed by atoms with Crippen molar-refractivity contribution in [3.63, 3.8) is 0 Å². The van der Waals surface area contributed by atoms with Crippen LogP contribution in [0.15, 0.2) is 35.5 Å². The lowest BCUT2D eigenvalue weighted by Gasteiger charge is -2.15. The first-order valence-electron chi connectivity index (χ1n) is 8.31. The van der Waals surface area contributed by atoms with Gasteiger partial charge in [0.05, 0.1) is 38.2 Å². The Kier molecular flexibility index (Phi) is 6.72. The van der Waals surface area contributed by atoms with Gasteiger partial charge in [0.15, 0.2) is 0 Å². The molecule has 1 aliphatic rings. The van der Waals surface area contributed by atoms with Crippen LogP contribution in [0.5, 0.6) is 0 Å². The van der Waals surface area contributed by atoms with Gasteiger partial charge in [0.25, 0.3) is 5.91 Å². The van der Waals surface area contributed by atoms with Gasteiger partial charge in [-0.1, -0.05) is 12.1 Å². The number of aliphatic carboxylic acids is 2. The molecule has 2 rings (SSSR count). The largest absolute Gasteiger partial charge is 0.481 e. The van der Waals surface area contributed by atoms with E-state index in [4.69, 9.17) is 14.9 Å². The first-order valence-corrected chi connectivity index (χ1v) is 8.31. The molecular weight excluding hydrogens is 372 g/mol. The number of anilines is 1. The summed E-state index contributed by atoms with van der Waals surface area (Å²) in [6.07, 6.45) is -0.561. The standard InChI is InChI=1S/C18H20N2O8/c1-28-18(27)13-9-20(6-7-21)16(24)15(13)19-11-4-2-10(3-5-11)12(17(25)26)8-14(22)23/h2-5,12,19,21H,6-9H2,1H3,(H,22,23)(H,25,26). The maximum absolute atomic E-state index is 12.5. The number of aliphatic hydroxyl groups is 1. The van der Waals surface area contributed by atoms with Gasteiger partial charge in [-0.05, 0) is 17.7 Å². The van der Waals surface area contributed by atoms with Crippen molar-refractivity contribution >= 4 is 29.5 Å². The number of nitrogens with one attached hydrogen (secondary N) is 1. The van der Waals surface area contributed by atoms with Crippen LogP contribution in [0.1, 0.15) is 17.9 Å². The Bertz CT molecular complexity index is 815. The second-order valence-electron chi connectivity index (χ2n) is 6.03. The van der Waals surface area contributed by atoms with E-state index in [9.17, 15) is 24.3 Å². The minimum atomic E-state index is -1.26. The van der Waals surface area contributed by atoms with Crippen molar-refractivity contribution < 1.29 is 39.2 Å². The molecule has 0 saturated carbocycles. The molecule has 1 unspecified atom stereocenters. The monoisotopic (exact) mass is 392 g/mol. The fourth-order valence-corrected chi connectivity index (χ4v) is 2.81. The summed E-state index contributed by atoms with van der Waals surface area (Å²) < 4.78 is 4.69. The summed E-state index contributed by atoms with van der Waals surface area (Å²) in [5, 5.41) is 29.9. The van der Waals surface area contributed by atoms with E-state index in [0.29, 0.717) is 11.3 Å². The van der Waals surface area contributed by atoms with Crippen LogP contribution in [0, 0.1) is 0 Å². The summed E-state index contributed by atoms with van der Waals surface area (Å²) in [6.45, 7) is -0.215. The minimum absolute atomic E-state index is 0.00775. The van der Waals surface area contributed by atoms with Gasteiger partial charge in [-0.15, -0.1) is 0 Å². The SMILES string of the molecule is COC(=O)C1=C(Nc2ccc(C(CC(=O)O)C(=O)O)cc2)C(=O)N(CCO)C1. The van der Waals surface area contributed by atoms with Crippen molar-refractivity contribution in [2.24, 2.45) is 0 Å². The van der Waals surface area contributed by atoms with E-state index < -0.39 is 36.2 Å². The Morgan fingerprint density at radius 2 is 1.86 bits per heavy atom.